The smallest absolute Gasteiger partial charge is 0.250 e. The summed E-state index contributed by atoms with van der Waals surface area (Å²) < 4.78 is 10.8. The van der Waals surface area contributed by atoms with Gasteiger partial charge in [0.1, 0.15) is 18.1 Å². The zero-order chi connectivity index (χ0) is 14.4. The molecule has 2 rings (SSSR count). The van der Waals surface area contributed by atoms with E-state index in [0.717, 1.165) is 30.2 Å². The van der Waals surface area contributed by atoms with Crippen molar-refractivity contribution < 1.29 is 14.3 Å². The Kier molecular flexibility index (Phi) is 5.01. The number of methoxy groups -OCH3 is 1. The maximum Gasteiger partial charge on any atom is 0.250 e. The van der Waals surface area contributed by atoms with Gasteiger partial charge in [0.05, 0.1) is 12.7 Å². The van der Waals surface area contributed by atoms with Crippen molar-refractivity contribution in [2.45, 2.75) is 6.92 Å². The van der Waals surface area contributed by atoms with Gasteiger partial charge in [-0.1, -0.05) is 6.92 Å². The van der Waals surface area contributed by atoms with Crippen LogP contribution in [0.25, 0.3) is 6.08 Å². The van der Waals surface area contributed by atoms with Gasteiger partial charge in [-0.3, -0.25) is 4.79 Å². The molecule has 1 aliphatic rings. The molecule has 108 valence electrons. The van der Waals surface area contributed by atoms with Gasteiger partial charge in [0.15, 0.2) is 0 Å². The molecule has 0 saturated carbocycles. The number of benzene rings is 1. The third-order valence-electron chi connectivity index (χ3n) is 3.06. The van der Waals surface area contributed by atoms with E-state index in [1.165, 1.54) is 0 Å². The molecule has 0 aromatic heterocycles. The summed E-state index contributed by atoms with van der Waals surface area (Å²) in [5.74, 6) is 1.43. The van der Waals surface area contributed by atoms with Crippen LogP contribution in [0.2, 0.25) is 0 Å². The minimum absolute atomic E-state index is 0.0867. The molecule has 0 radical (unpaired) electrons. The monoisotopic (exact) mass is 276 g/mol. The van der Waals surface area contributed by atoms with Gasteiger partial charge >= 0.3 is 0 Å². The molecule has 0 bridgehead atoms. The Bertz CT molecular complexity index is 512. The quantitative estimate of drug-likeness (QED) is 0.766. The Balaban J connectivity index is 2.02. The highest BCUT2D eigenvalue weighted by atomic mass is 16.5. The molecule has 1 heterocycles. The fourth-order valence-corrected chi connectivity index (χ4v) is 1.97. The highest BCUT2D eigenvalue weighted by Gasteiger charge is 2.17. The highest BCUT2D eigenvalue weighted by molar-refractivity contribution is 5.99. The first-order valence-electron chi connectivity index (χ1n) is 6.75. The van der Waals surface area contributed by atoms with E-state index in [9.17, 15) is 4.79 Å². The van der Waals surface area contributed by atoms with E-state index in [1.54, 1.807) is 7.11 Å². The largest absolute Gasteiger partial charge is 0.497 e. The van der Waals surface area contributed by atoms with Crippen molar-refractivity contribution in [1.82, 2.24) is 10.6 Å². The SMILES string of the molecule is CCNCCNC(=O)C1=Cc2cc(OC)ccc2OC1. The van der Waals surface area contributed by atoms with Crippen LogP contribution < -0.4 is 20.1 Å². The molecule has 5 nitrogen and oxygen atoms in total. The summed E-state index contributed by atoms with van der Waals surface area (Å²) in [5, 5.41) is 6.02. The highest BCUT2D eigenvalue weighted by Crippen LogP contribution is 2.29. The summed E-state index contributed by atoms with van der Waals surface area (Å²) in [6, 6.07) is 5.55. The molecule has 0 aliphatic carbocycles. The standard InChI is InChI=1S/C15H20N2O3/c1-3-16-6-7-17-15(18)12-8-11-9-13(19-2)4-5-14(11)20-10-12/h4-5,8-9,16H,3,6-7,10H2,1-2H3,(H,17,18). The van der Waals surface area contributed by atoms with Crippen LogP contribution in [-0.2, 0) is 4.79 Å². The number of rotatable bonds is 6. The van der Waals surface area contributed by atoms with Gasteiger partial charge in [-0.25, -0.2) is 0 Å². The number of likely N-dealkylation sites (N-methyl/N-ethyl adjacent to an activating group) is 1. The van der Waals surface area contributed by atoms with Crippen LogP contribution in [0.4, 0.5) is 0 Å². The fraction of sp³-hybridized carbons (Fsp3) is 0.400. The third kappa shape index (κ3) is 3.51. The number of amides is 1. The molecule has 0 saturated heterocycles. The molecule has 5 heteroatoms. The predicted octanol–water partition coefficient (Wildman–Crippen LogP) is 1.20. The van der Waals surface area contributed by atoms with E-state index < -0.39 is 0 Å². The van der Waals surface area contributed by atoms with Crippen molar-refractivity contribution in [3.8, 4) is 11.5 Å². The topological polar surface area (TPSA) is 59.6 Å². The Labute approximate surface area is 119 Å². The number of nitrogens with one attached hydrogen (secondary N) is 2. The summed E-state index contributed by atoms with van der Waals surface area (Å²) >= 11 is 0. The fourth-order valence-electron chi connectivity index (χ4n) is 1.97. The molecule has 1 amide bonds. The molecule has 0 unspecified atom stereocenters. The van der Waals surface area contributed by atoms with Gasteiger partial charge in [0.25, 0.3) is 5.91 Å². The minimum Gasteiger partial charge on any atom is -0.497 e. The first-order valence-corrected chi connectivity index (χ1v) is 6.75. The normalized spacial score (nSPS) is 13.0. The number of hydrogen-bond acceptors (Lipinski definition) is 4. The van der Waals surface area contributed by atoms with Gasteiger partial charge in [0.2, 0.25) is 0 Å². The van der Waals surface area contributed by atoms with Crippen molar-refractivity contribution >= 4 is 12.0 Å². The molecule has 1 aromatic carbocycles. The number of hydrogen-bond donors (Lipinski definition) is 2. The van der Waals surface area contributed by atoms with Gasteiger partial charge in [-0.15, -0.1) is 0 Å². The first kappa shape index (κ1) is 14.4. The number of carbonyl (C=O) groups is 1. The lowest BCUT2D eigenvalue weighted by atomic mass is 10.1. The zero-order valence-corrected chi connectivity index (χ0v) is 11.9. The first-order chi connectivity index (χ1) is 9.74. The minimum atomic E-state index is -0.0867. The summed E-state index contributed by atoms with van der Waals surface area (Å²) in [5.41, 5.74) is 1.50. The van der Waals surface area contributed by atoms with Crippen molar-refractivity contribution in [2.75, 3.05) is 33.4 Å². The van der Waals surface area contributed by atoms with E-state index in [2.05, 4.69) is 10.6 Å². The number of carbonyl (C=O) groups excluding carboxylic acids is 1. The van der Waals surface area contributed by atoms with Crippen molar-refractivity contribution in [2.24, 2.45) is 0 Å². The Morgan fingerprint density at radius 2 is 2.25 bits per heavy atom. The molecule has 2 N–H and O–H groups in total. The van der Waals surface area contributed by atoms with E-state index in [0.29, 0.717) is 18.7 Å². The summed E-state index contributed by atoms with van der Waals surface area (Å²) in [7, 11) is 1.61. The molecule has 1 aromatic rings. The van der Waals surface area contributed by atoms with Crippen LogP contribution >= 0.6 is 0 Å². The van der Waals surface area contributed by atoms with Crippen LogP contribution in [-0.4, -0.2) is 39.3 Å². The lowest BCUT2D eigenvalue weighted by molar-refractivity contribution is -0.117. The molecule has 0 spiro atoms. The summed E-state index contributed by atoms with van der Waals surface area (Å²) in [6.45, 7) is 4.60. The lowest BCUT2D eigenvalue weighted by Crippen LogP contribution is -2.34. The van der Waals surface area contributed by atoms with Crippen LogP contribution in [0, 0.1) is 0 Å². The van der Waals surface area contributed by atoms with E-state index in [4.69, 9.17) is 9.47 Å². The average molecular weight is 276 g/mol. The average Bonchev–Trinajstić information content (AvgIpc) is 2.50. The van der Waals surface area contributed by atoms with E-state index in [-0.39, 0.29) is 5.91 Å². The van der Waals surface area contributed by atoms with E-state index in [1.807, 2.05) is 31.2 Å². The predicted molar refractivity (Wildman–Crippen MR) is 78.0 cm³/mol. The van der Waals surface area contributed by atoms with Crippen LogP contribution in [0.3, 0.4) is 0 Å². The summed E-state index contributed by atoms with van der Waals surface area (Å²) in [6.07, 6.45) is 1.85. The van der Waals surface area contributed by atoms with Crippen molar-refractivity contribution in [1.29, 1.82) is 0 Å². The van der Waals surface area contributed by atoms with Crippen LogP contribution in [0.5, 0.6) is 11.5 Å². The molecule has 1 aliphatic heterocycles. The molecule has 0 fully saturated rings. The van der Waals surface area contributed by atoms with Gasteiger partial charge < -0.3 is 20.1 Å². The Morgan fingerprint density at radius 1 is 1.40 bits per heavy atom. The Hall–Kier alpha value is -2.01. The van der Waals surface area contributed by atoms with Crippen LogP contribution in [0.15, 0.2) is 23.8 Å². The number of fused-ring (bicyclic) bond motifs is 1. The van der Waals surface area contributed by atoms with Crippen LogP contribution in [0.1, 0.15) is 12.5 Å². The summed E-state index contributed by atoms with van der Waals surface area (Å²) in [4.78, 5) is 12.0. The molecular weight excluding hydrogens is 256 g/mol. The van der Waals surface area contributed by atoms with Crippen molar-refractivity contribution in [3.05, 3.63) is 29.3 Å². The molecular formula is C15H20N2O3. The maximum absolute atomic E-state index is 12.0. The second-order valence-electron chi connectivity index (χ2n) is 4.47. The van der Waals surface area contributed by atoms with E-state index >= 15 is 0 Å². The zero-order valence-electron chi connectivity index (χ0n) is 11.9. The third-order valence-corrected chi connectivity index (χ3v) is 3.06. The van der Waals surface area contributed by atoms with Gasteiger partial charge in [-0.05, 0) is 30.8 Å². The van der Waals surface area contributed by atoms with Crippen molar-refractivity contribution in [3.63, 3.8) is 0 Å². The molecule has 20 heavy (non-hydrogen) atoms. The van der Waals surface area contributed by atoms with Gasteiger partial charge in [-0.2, -0.15) is 0 Å². The Morgan fingerprint density at radius 3 is 3.00 bits per heavy atom. The lowest BCUT2D eigenvalue weighted by Gasteiger charge is -2.18. The second kappa shape index (κ2) is 6.96. The number of ether oxygens (including phenoxy) is 2. The molecule has 0 atom stereocenters. The maximum atomic E-state index is 12.0. The second-order valence-corrected chi connectivity index (χ2v) is 4.47. The van der Waals surface area contributed by atoms with Gasteiger partial charge in [0, 0.05) is 18.7 Å².